The number of benzene rings is 3. The van der Waals surface area contributed by atoms with Crippen LogP contribution in [-0.2, 0) is 10.0 Å². The van der Waals surface area contributed by atoms with Crippen LogP contribution in [-0.4, -0.2) is 49.2 Å². The summed E-state index contributed by atoms with van der Waals surface area (Å²) in [6, 6.07) is 23.0. The van der Waals surface area contributed by atoms with Crippen molar-refractivity contribution in [2.24, 2.45) is 0 Å². The first-order valence-corrected chi connectivity index (χ1v) is 13.8. The zero-order chi connectivity index (χ0) is 25.8. The standard InChI is InChI=1S/C27H30N6O3S/c1-33-17-9-8-14-24(33)25(19-10-4-2-5-11-19)29-27(34)28-20-15-16-23-22(18-20)26(31-30-23)32-37(35,36)21-12-6-3-7-13-21/h2-7,10-13,15-16,18,24-25H,8-9,14,17H2,1H3,(H2,28,29,34)(H2,30,31,32). The highest BCUT2D eigenvalue weighted by Gasteiger charge is 2.30. The lowest BCUT2D eigenvalue weighted by Gasteiger charge is -2.38. The fourth-order valence-electron chi connectivity index (χ4n) is 4.85. The number of rotatable bonds is 7. The van der Waals surface area contributed by atoms with Crippen molar-refractivity contribution in [2.75, 3.05) is 23.6 Å². The summed E-state index contributed by atoms with van der Waals surface area (Å²) in [5.74, 6) is 0.161. The van der Waals surface area contributed by atoms with E-state index in [0.29, 0.717) is 16.6 Å². The molecule has 2 unspecified atom stereocenters. The molecule has 9 nitrogen and oxygen atoms in total. The van der Waals surface area contributed by atoms with E-state index >= 15 is 0 Å². The van der Waals surface area contributed by atoms with E-state index in [9.17, 15) is 13.2 Å². The molecule has 1 aromatic heterocycles. The second-order valence-corrected chi connectivity index (χ2v) is 11.0. The van der Waals surface area contributed by atoms with E-state index in [0.717, 1.165) is 31.4 Å². The van der Waals surface area contributed by atoms with Gasteiger partial charge in [0.1, 0.15) is 0 Å². The Hall–Kier alpha value is -3.89. The average molecular weight is 519 g/mol. The van der Waals surface area contributed by atoms with E-state index in [1.165, 1.54) is 12.1 Å². The van der Waals surface area contributed by atoms with Gasteiger partial charge in [0.05, 0.1) is 16.5 Å². The van der Waals surface area contributed by atoms with Gasteiger partial charge in [-0.2, -0.15) is 5.10 Å². The molecule has 2 atom stereocenters. The normalized spacial score (nSPS) is 17.3. The van der Waals surface area contributed by atoms with Crippen molar-refractivity contribution < 1.29 is 13.2 Å². The number of anilines is 2. The molecular formula is C27H30N6O3S. The van der Waals surface area contributed by atoms with Crippen molar-refractivity contribution in [3.8, 4) is 0 Å². The maximum atomic E-state index is 13.1. The highest BCUT2D eigenvalue weighted by molar-refractivity contribution is 7.92. The number of nitrogens with zero attached hydrogens (tertiary/aromatic N) is 2. The fraction of sp³-hybridized carbons (Fsp3) is 0.259. The number of piperidine rings is 1. The Kier molecular flexibility index (Phi) is 7.11. The summed E-state index contributed by atoms with van der Waals surface area (Å²) in [6.45, 7) is 0.996. The molecule has 2 heterocycles. The summed E-state index contributed by atoms with van der Waals surface area (Å²) < 4.78 is 28.1. The van der Waals surface area contributed by atoms with Gasteiger partial charge in [-0.25, -0.2) is 13.2 Å². The SMILES string of the molecule is CN1CCCCC1C(NC(=O)Nc1ccc2[nH]nc(NS(=O)(=O)c3ccccc3)c2c1)c1ccccc1. The van der Waals surface area contributed by atoms with E-state index < -0.39 is 10.0 Å². The van der Waals surface area contributed by atoms with Crippen LogP contribution in [0.15, 0.2) is 83.8 Å². The minimum Gasteiger partial charge on any atom is -0.329 e. The third-order valence-electron chi connectivity index (χ3n) is 6.76. The van der Waals surface area contributed by atoms with Crippen molar-refractivity contribution >= 4 is 38.5 Å². The van der Waals surface area contributed by atoms with Crippen molar-refractivity contribution in [3.63, 3.8) is 0 Å². The molecule has 0 spiro atoms. The first kappa shape index (κ1) is 24.8. The number of carbonyl (C=O) groups is 1. The number of likely N-dealkylation sites (N-methyl/N-ethyl adjacent to an activating group) is 1. The number of amides is 2. The van der Waals surface area contributed by atoms with Gasteiger partial charge in [-0.05, 0) is 62.3 Å². The summed E-state index contributed by atoms with van der Waals surface area (Å²) in [4.78, 5) is 15.6. The number of nitrogens with one attached hydrogen (secondary N) is 4. The monoisotopic (exact) mass is 518 g/mol. The number of H-pyrrole nitrogens is 1. The van der Waals surface area contributed by atoms with Gasteiger partial charge in [0.15, 0.2) is 5.82 Å². The third kappa shape index (κ3) is 5.60. The van der Waals surface area contributed by atoms with Crippen LogP contribution in [0.5, 0.6) is 0 Å². The summed E-state index contributed by atoms with van der Waals surface area (Å²) in [5, 5.41) is 13.6. The van der Waals surface area contributed by atoms with Gasteiger partial charge in [-0.15, -0.1) is 0 Å². The Labute approximate surface area is 216 Å². The lowest BCUT2D eigenvalue weighted by Crippen LogP contribution is -2.47. The maximum absolute atomic E-state index is 13.1. The Morgan fingerprint density at radius 1 is 1.03 bits per heavy atom. The van der Waals surface area contributed by atoms with Gasteiger partial charge < -0.3 is 15.5 Å². The molecule has 4 N–H and O–H groups in total. The predicted octanol–water partition coefficient (Wildman–Crippen LogP) is 4.71. The molecule has 0 saturated carbocycles. The molecular weight excluding hydrogens is 488 g/mol. The molecule has 1 aliphatic heterocycles. The molecule has 0 radical (unpaired) electrons. The van der Waals surface area contributed by atoms with Crippen LogP contribution in [0.1, 0.15) is 30.9 Å². The second-order valence-electron chi connectivity index (χ2n) is 9.28. The first-order valence-electron chi connectivity index (χ1n) is 12.3. The highest BCUT2D eigenvalue weighted by Crippen LogP contribution is 2.29. The summed E-state index contributed by atoms with van der Waals surface area (Å²) >= 11 is 0. The van der Waals surface area contributed by atoms with Crippen LogP contribution in [0.3, 0.4) is 0 Å². The minimum absolute atomic E-state index is 0.138. The molecule has 37 heavy (non-hydrogen) atoms. The Bertz CT molecular complexity index is 1470. The van der Waals surface area contributed by atoms with Crippen LogP contribution in [0, 0.1) is 0 Å². The molecule has 2 amide bonds. The van der Waals surface area contributed by atoms with Gasteiger partial charge in [-0.1, -0.05) is 55.0 Å². The van der Waals surface area contributed by atoms with Crippen molar-refractivity contribution in [3.05, 3.63) is 84.4 Å². The quantitative estimate of drug-likeness (QED) is 0.283. The number of aromatic amines is 1. The third-order valence-corrected chi connectivity index (χ3v) is 8.12. The Morgan fingerprint density at radius 3 is 2.49 bits per heavy atom. The molecule has 10 heteroatoms. The smallest absolute Gasteiger partial charge is 0.319 e. The summed E-state index contributed by atoms with van der Waals surface area (Å²) in [6.07, 6.45) is 3.28. The number of aromatic nitrogens is 2. The zero-order valence-corrected chi connectivity index (χ0v) is 21.3. The van der Waals surface area contributed by atoms with E-state index in [1.807, 2.05) is 30.3 Å². The Morgan fingerprint density at radius 2 is 1.76 bits per heavy atom. The van der Waals surface area contributed by atoms with Gasteiger partial charge in [0, 0.05) is 17.1 Å². The van der Waals surface area contributed by atoms with Crippen LogP contribution >= 0.6 is 0 Å². The lowest BCUT2D eigenvalue weighted by molar-refractivity contribution is 0.147. The second kappa shape index (κ2) is 10.6. The van der Waals surface area contributed by atoms with Gasteiger partial charge >= 0.3 is 6.03 Å². The number of fused-ring (bicyclic) bond motifs is 1. The summed E-state index contributed by atoms with van der Waals surface area (Å²) in [7, 11) is -1.71. The number of carbonyl (C=O) groups excluding carboxylic acids is 1. The van der Waals surface area contributed by atoms with Gasteiger partial charge in [0.25, 0.3) is 10.0 Å². The molecule has 4 aromatic rings. The largest absolute Gasteiger partial charge is 0.329 e. The van der Waals surface area contributed by atoms with Gasteiger partial charge in [-0.3, -0.25) is 9.82 Å². The molecule has 3 aromatic carbocycles. The Balaban J connectivity index is 1.35. The fourth-order valence-corrected chi connectivity index (χ4v) is 5.89. The van der Waals surface area contributed by atoms with E-state index in [2.05, 4.69) is 37.5 Å². The first-order chi connectivity index (χ1) is 17.9. The molecule has 0 aliphatic carbocycles. The molecule has 1 aliphatic rings. The maximum Gasteiger partial charge on any atom is 0.319 e. The van der Waals surface area contributed by atoms with E-state index in [-0.39, 0.29) is 28.8 Å². The van der Waals surface area contributed by atoms with Crippen molar-refractivity contribution in [1.82, 2.24) is 20.4 Å². The van der Waals surface area contributed by atoms with Crippen LogP contribution in [0.25, 0.3) is 10.9 Å². The summed E-state index contributed by atoms with van der Waals surface area (Å²) in [5.41, 5.74) is 2.22. The van der Waals surface area contributed by atoms with Crippen LogP contribution in [0.4, 0.5) is 16.3 Å². The van der Waals surface area contributed by atoms with Gasteiger partial charge in [0.2, 0.25) is 0 Å². The topological polar surface area (TPSA) is 119 Å². The average Bonchev–Trinajstić information content (AvgIpc) is 3.30. The minimum atomic E-state index is -3.81. The van der Waals surface area contributed by atoms with E-state index in [1.54, 1.807) is 36.4 Å². The lowest BCUT2D eigenvalue weighted by atomic mass is 9.91. The molecule has 0 bridgehead atoms. The highest BCUT2D eigenvalue weighted by atomic mass is 32.2. The van der Waals surface area contributed by atoms with Crippen molar-refractivity contribution in [2.45, 2.75) is 36.2 Å². The predicted molar refractivity (Wildman–Crippen MR) is 145 cm³/mol. The zero-order valence-electron chi connectivity index (χ0n) is 20.5. The van der Waals surface area contributed by atoms with E-state index in [4.69, 9.17) is 0 Å². The molecule has 1 saturated heterocycles. The number of likely N-dealkylation sites (tertiary alicyclic amines) is 1. The number of urea groups is 1. The van der Waals surface area contributed by atoms with Crippen LogP contribution in [0.2, 0.25) is 0 Å². The number of sulfonamides is 1. The van der Waals surface area contributed by atoms with Crippen LogP contribution < -0.4 is 15.4 Å². The number of hydrogen-bond donors (Lipinski definition) is 4. The van der Waals surface area contributed by atoms with Crippen molar-refractivity contribution in [1.29, 1.82) is 0 Å². The number of hydrogen-bond acceptors (Lipinski definition) is 5. The molecule has 5 rings (SSSR count). The molecule has 1 fully saturated rings. The molecule has 192 valence electrons.